The van der Waals surface area contributed by atoms with Gasteiger partial charge in [0.2, 0.25) is 0 Å². The molecule has 2 unspecified atom stereocenters. The van der Waals surface area contributed by atoms with Gasteiger partial charge in [0.1, 0.15) is 26.4 Å². The van der Waals surface area contributed by atoms with Crippen molar-refractivity contribution in [2.75, 3.05) is 26.4 Å². The van der Waals surface area contributed by atoms with Gasteiger partial charge in [-0.3, -0.25) is 9.59 Å². The maximum Gasteiger partial charge on any atom is 0.408 e. The van der Waals surface area contributed by atoms with Crippen molar-refractivity contribution in [1.29, 1.82) is 0 Å². The van der Waals surface area contributed by atoms with Gasteiger partial charge in [0, 0.05) is 11.6 Å². The van der Waals surface area contributed by atoms with E-state index in [1.165, 1.54) is 6.92 Å². The summed E-state index contributed by atoms with van der Waals surface area (Å²) in [6, 6.07) is 24.9. The Labute approximate surface area is 332 Å². The Kier molecular flexibility index (Phi) is 17.0. The van der Waals surface area contributed by atoms with Crippen LogP contribution in [0.2, 0.25) is 0 Å². The number of alkyl carbamates (subject to hydrolysis) is 2. The van der Waals surface area contributed by atoms with Crippen LogP contribution in [0.3, 0.4) is 0 Å². The topological polar surface area (TPSA) is 182 Å². The van der Waals surface area contributed by atoms with Crippen LogP contribution in [0, 0.1) is 0 Å². The number of amides is 2. The van der Waals surface area contributed by atoms with Gasteiger partial charge in [0.25, 0.3) is 0 Å². The lowest BCUT2D eigenvalue weighted by atomic mass is 9.87. The number of nitrogens with one attached hydrogen (secondary N) is 2. The lowest BCUT2D eigenvalue weighted by Gasteiger charge is -2.31. The van der Waals surface area contributed by atoms with Crippen LogP contribution < -0.4 is 10.6 Å². The average Bonchev–Trinajstić information content (AvgIpc) is 3.17. The molecule has 3 rings (SSSR count). The molecule has 0 radical (unpaired) electrons. The molecule has 2 amide bonds. The van der Waals surface area contributed by atoms with Crippen molar-refractivity contribution in [2.45, 2.75) is 70.7 Å². The quantitative estimate of drug-likeness (QED) is 0.0803. The molecule has 0 heterocycles. The second-order valence-corrected chi connectivity index (χ2v) is 14.0. The Morgan fingerprint density at radius 1 is 0.614 bits per heavy atom. The zero-order valence-electron chi connectivity index (χ0n) is 32.9. The normalized spacial score (nSPS) is 12.1. The molecule has 0 aliphatic carbocycles. The van der Waals surface area contributed by atoms with Crippen molar-refractivity contribution in [1.82, 2.24) is 10.6 Å². The molecule has 0 aromatic heterocycles. The van der Waals surface area contributed by atoms with Gasteiger partial charge in [-0.1, -0.05) is 98.1 Å². The molecule has 57 heavy (non-hydrogen) atoms. The first-order valence-electron chi connectivity index (χ1n) is 18.1. The molecule has 0 aliphatic rings. The highest BCUT2D eigenvalue weighted by molar-refractivity contribution is 5.87. The first-order valence-corrected chi connectivity index (χ1v) is 18.1. The van der Waals surface area contributed by atoms with E-state index in [0.29, 0.717) is 11.1 Å². The summed E-state index contributed by atoms with van der Waals surface area (Å²) in [4.78, 5) is 75.1. The minimum absolute atomic E-state index is 0.00538. The summed E-state index contributed by atoms with van der Waals surface area (Å²) in [7, 11) is 0. The van der Waals surface area contributed by atoms with Gasteiger partial charge < -0.3 is 39.1 Å². The second kappa shape index (κ2) is 21.6. The monoisotopic (exact) mass is 786 g/mol. The number of rotatable bonds is 20. The molecular formula is C43H50N2O12. The summed E-state index contributed by atoms with van der Waals surface area (Å²) in [5.41, 5.74) is 0.768. The highest BCUT2D eigenvalue weighted by atomic mass is 16.6. The highest BCUT2D eigenvalue weighted by Gasteiger charge is 2.31. The SMILES string of the molecule is C=CC(=O)OCC(COC(=O)Cc1ccccc1)OC(=O)NC(C)(C)c1cccc(C(C)(C)NC(=O)OC(COC(=O)Cc2ccccc2)COC(=O)C(=C)C)c1. The molecule has 304 valence electrons. The Bertz CT molecular complexity index is 1870. The van der Waals surface area contributed by atoms with Gasteiger partial charge in [0.05, 0.1) is 23.9 Å². The number of benzene rings is 3. The van der Waals surface area contributed by atoms with Crippen LogP contribution in [0.25, 0.3) is 0 Å². The van der Waals surface area contributed by atoms with E-state index in [9.17, 15) is 28.8 Å². The van der Waals surface area contributed by atoms with Crippen LogP contribution in [0.4, 0.5) is 9.59 Å². The number of carbonyl (C=O) groups is 6. The van der Waals surface area contributed by atoms with E-state index in [4.69, 9.17) is 28.4 Å². The molecular weight excluding hydrogens is 736 g/mol. The Balaban J connectivity index is 1.65. The van der Waals surface area contributed by atoms with E-state index >= 15 is 0 Å². The molecule has 0 bridgehead atoms. The van der Waals surface area contributed by atoms with Crippen LogP contribution in [-0.2, 0) is 71.5 Å². The summed E-state index contributed by atoms with van der Waals surface area (Å²) in [6.07, 6.45) is -3.09. The van der Waals surface area contributed by atoms with Crippen molar-refractivity contribution < 1.29 is 57.2 Å². The number of carbonyl (C=O) groups excluding carboxylic acids is 6. The largest absolute Gasteiger partial charge is 0.461 e. The van der Waals surface area contributed by atoms with Gasteiger partial charge in [-0.05, 0) is 56.9 Å². The third-order valence-corrected chi connectivity index (χ3v) is 8.25. The smallest absolute Gasteiger partial charge is 0.408 e. The molecule has 0 fully saturated rings. The van der Waals surface area contributed by atoms with E-state index in [2.05, 4.69) is 23.8 Å². The molecule has 2 N–H and O–H groups in total. The average molecular weight is 787 g/mol. The molecule has 14 nitrogen and oxygen atoms in total. The molecule has 0 aliphatic heterocycles. The van der Waals surface area contributed by atoms with Crippen molar-refractivity contribution in [3.63, 3.8) is 0 Å². The lowest BCUT2D eigenvalue weighted by molar-refractivity contribution is -0.151. The van der Waals surface area contributed by atoms with Crippen molar-refractivity contribution in [2.24, 2.45) is 0 Å². The van der Waals surface area contributed by atoms with Crippen LogP contribution in [0.5, 0.6) is 0 Å². The minimum atomic E-state index is -1.14. The number of hydrogen-bond donors (Lipinski definition) is 2. The summed E-state index contributed by atoms with van der Waals surface area (Å²) >= 11 is 0. The van der Waals surface area contributed by atoms with E-state index in [1.807, 2.05) is 12.1 Å². The summed E-state index contributed by atoms with van der Waals surface area (Å²) < 4.78 is 32.0. The predicted octanol–water partition coefficient (Wildman–Crippen LogP) is 5.77. The van der Waals surface area contributed by atoms with E-state index in [0.717, 1.165) is 17.2 Å². The number of ether oxygens (including phenoxy) is 6. The van der Waals surface area contributed by atoms with Gasteiger partial charge in [-0.2, -0.15) is 0 Å². The van der Waals surface area contributed by atoms with E-state index in [-0.39, 0.29) is 31.6 Å². The van der Waals surface area contributed by atoms with E-state index in [1.54, 1.807) is 100 Å². The molecule has 3 aromatic carbocycles. The van der Waals surface area contributed by atoms with Crippen LogP contribution in [-0.4, -0.2) is 74.7 Å². The first-order chi connectivity index (χ1) is 27.0. The fourth-order valence-corrected chi connectivity index (χ4v) is 5.07. The summed E-state index contributed by atoms with van der Waals surface area (Å²) in [6.45, 7) is 13.7. The van der Waals surface area contributed by atoms with Crippen LogP contribution >= 0.6 is 0 Å². The van der Waals surface area contributed by atoms with E-state index < -0.39 is 72.6 Å². The molecule has 2 atom stereocenters. The second-order valence-electron chi connectivity index (χ2n) is 14.0. The highest BCUT2D eigenvalue weighted by Crippen LogP contribution is 2.27. The first kappa shape index (κ1) is 45.0. The number of esters is 4. The third-order valence-electron chi connectivity index (χ3n) is 8.25. The number of hydrogen-bond acceptors (Lipinski definition) is 12. The Morgan fingerprint density at radius 3 is 1.42 bits per heavy atom. The molecule has 0 saturated heterocycles. The summed E-state index contributed by atoms with van der Waals surface area (Å²) in [5, 5.41) is 5.57. The molecule has 0 spiro atoms. The van der Waals surface area contributed by atoms with Gasteiger partial charge in [0.15, 0.2) is 12.2 Å². The third kappa shape index (κ3) is 16.1. The fourth-order valence-electron chi connectivity index (χ4n) is 5.07. The Morgan fingerprint density at radius 2 is 1.02 bits per heavy atom. The molecule has 0 saturated carbocycles. The maximum absolute atomic E-state index is 13.2. The molecule has 14 heteroatoms. The van der Waals surface area contributed by atoms with Crippen LogP contribution in [0.15, 0.2) is 110 Å². The molecule has 3 aromatic rings. The van der Waals surface area contributed by atoms with Gasteiger partial charge >= 0.3 is 36.1 Å². The zero-order chi connectivity index (χ0) is 42.0. The maximum atomic E-state index is 13.2. The Hall–Kier alpha value is -6.44. The fraction of sp³-hybridized carbons (Fsp3) is 0.349. The van der Waals surface area contributed by atoms with Crippen molar-refractivity contribution in [3.05, 3.63) is 132 Å². The zero-order valence-corrected chi connectivity index (χ0v) is 32.9. The summed E-state index contributed by atoms with van der Waals surface area (Å²) in [5.74, 6) is -2.58. The predicted molar refractivity (Wildman–Crippen MR) is 208 cm³/mol. The van der Waals surface area contributed by atoms with Crippen LogP contribution in [0.1, 0.15) is 56.9 Å². The van der Waals surface area contributed by atoms with Crippen molar-refractivity contribution >= 4 is 36.1 Å². The minimum Gasteiger partial charge on any atom is -0.461 e. The van der Waals surface area contributed by atoms with Gasteiger partial charge in [-0.25, -0.2) is 19.2 Å². The lowest BCUT2D eigenvalue weighted by Crippen LogP contribution is -2.45. The van der Waals surface area contributed by atoms with Crippen molar-refractivity contribution in [3.8, 4) is 0 Å². The van der Waals surface area contributed by atoms with Gasteiger partial charge in [-0.15, -0.1) is 0 Å². The standard InChI is InChI=1S/C43H50N2O12/c1-8-36(46)52-25-34(26-53-37(47)22-30-16-11-9-12-17-30)56-40(50)44-42(4,5)32-20-15-21-33(24-32)43(6,7)45-41(51)57-35(28-55-39(49)29(2)3)27-54-38(48)23-31-18-13-10-14-19-31/h8-21,24,34-35H,1-2,22-23,25-28H2,3-7H3,(H,44,50)(H,45,51).